The fourth-order valence-electron chi connectivity index (χ4n) is 3.24. The molecular weight excluding hydrogens is 236 g/mol. The van der Waals surface area contributed by atoms with E-state index >= 15 is 0 Å². The summed E-state index contributed by atoms with van der Waals surface area (Å²) in [5.41, 5.74) is -0.372. The maximum Gasteiger partial charge on any atom is 0.104 e. The number of rotatable bonds is 5. The van der Waals surface area contributed by atoms with Crippen LogP contribution in [0.5, 0.6) is 0 Å². The second-order valence-electron chi connectivity index (χ2n) is 6.26. The van der Waals surface area contributed by atoms with Crippen LogP contribution in [0.2, 0.25) is 0 Å². The minimum absolute atomic E-state index is 0.372. The summed E-state index contributed by atoms with van der Waals surface area (Å²) in [7, 11) is 1.88. The van der Waals surface area contributed by atoms with Gasteiger partial charge in [0.1, 0.15) is 5.54 Å². The van der Waals surface area contributed by atoms with Gasteiger partial charge in [0.15, 0.2) is 0 Å². The average molecular weight is 264 g/mol. The van der Waals surface area contributed by atoms with Crippen molar-refractivity contribution in [1.82, 2.24) is 15.1 Å². The van der Waals surface area contributed by atoms with Gasteiger partial charge in [0, 0.05) is 38.8 Å². The lowest BCUT2D eigenvalue weighted by atomic mass is 10.00. The molecule has 4 nitrogen and oxygen atoms in total. The van der Waals surface area contributed by atoms with E-state index in [2.05, 4.69) is 21.2 Å². The van der Waals surface area contributed by atoms with Crippen LogP contribution in [-0.4, -0.2) is 61.2 Å². The van der Waals surface area contributed by atoms with E-state index in [-0.39, 0.29) is 5.54 Å². The Morgan fingerprint density at radius 3 is 2.37 bits per heavy atom. The molecule has 0 amide bonds. The van der Waals surface area contributed by atoms with E-state index in [9.17, 15) is 0 Å². The van der Waals surface area contributed by atoms with Crippen LogP contribution in [0.3, 0.4) is 0 Å². The highest BCUT2D eigenvalue weighted by Crippen LogP contribution is 2.24. The largest absolute Gasteiger partial charge is 0.303 e. The van der Waals surface area contributed by atoms with Crippen LogP contribution in [0, 0.1) is 11.3 Å². The van der Waals surface area contributed by atoms with Crippen LogP contribution < -0.4 is 5.32 Å². The normalized spacial score (nSPS) is 26.2. The number of hydrogen-bond donors (Lipinski definition) is 1. The first kappa shape index (κ1) is 14.8. The van der Waals surface area contributed by atoms with E-state index in [1.807, 2.05) is 14.0 Å². The van der Waals surface area contributed by atoms with Crippen LogP contribution in [-0.2, 0) is 0 Å². The minimum Gasteiger partial charge on any atom is -0.303 e. The summed E-state index contributed by atoms with van der Waals surface area (Å²) in [6.07, 6.45) is 6.57. The summed E-state index contributed by atoms with van der Waals surface area (Å²) in [6.45, 7) is 7.79. The van der Waals surface area contributed by atoms with E-state index in [4.69, 9.17) is 5.26 Å². The summed E-state index contributed by atoms with van der Waals surface area (Å²) in [6, 6.07) is 3.24. The third-order valence-electron chi connectivity index (χ3n) is 4.97. The van der Waals surface area contributed by atoms with Crippen LogP contribution in [0.15, 0.2) is 0 Å². The van der Waals surface area contributed by atoms with Gasteiger partial charge in [-0.1, -0.05) is 12.8 Å². The molecule has 1 aliphatic carbocycles. The minimum atomic E-state index is -0.372. The van der Waals surface area contributed by atoms with Gasteiger partial charge in [-0.15, -0.1) is 0 Å². The first-order valence-electron chi connectivity index (χ1n) is 7.73. The van der Waals surface area contributed by atoms with Gasteiger partial charge in [-0.3, -0.25) is 4.90 Å². The zero-order valence-corrected chi connectivity index (χ0v) is 12.5. The topological polar surface area (TPSA) is 42.3 Å². The summed E-state index contributed by atoms with van der Waals surface area (Å²) < 4.78 is 0. The highest BCUT2D eigenvalue weighted by Gasteiger charge is 2.27. The monoisotopic (exact) mass is 264 g/mol. The molecule has 0 bridgehead atoms. The Balaban J connectivity index is 1.70. The molecule has 2 fully saturated rings. The third kappa shape index (κ3) is 3.92. The van der Waals surface area contributed by atoms with Crippen LogP contribution in [0.1, 0.15) is 39.0 Å². The van der Waals surface area contributed by atoms with Gasteiger partial charge < -0.3 is 10.2 Å². The number of nitrogens with one attached hydrogen (secondary N) is 1. The predicted octanol–water partition coefficient (Wildman–Crippen LogP) is 1.44. The van der Waals surface area contributed by atoms with Crippen molar-refractivity contribution in [2.75, 3.05) is 39.8 Å². The molecule has 0 aromatic rings. The van der Waals surface area contributed by atoms with E-state index in [0.717, 1.165) is 19.0 Å². The second-order valence-corrected chi connectivity index (χ2v) is 6.26. The number of nitrogens with zero attached hydrogens (tertiary/aromatic N) is 3. The lowest BCUT2D eigenvalue weighted by Crippen LogP contribution is -2.51. The van der Waals surface area contributed by atoms with Gasteiger partial charge in [-0.05, 0) is 33.2 Å². The maximum absolute atomic E-state index is 9.16. The Labute approximate surface area is 117 Å². The van der Waals surface area contributed by atoms with Crippen LogP contribution in [0.4, 0.5) is 0 Å². The molecule has 1 aliphatic heterocycles. The number of hydrogen-bond acceptors (Lipinski definition) is 4. The molecule has 0 radical (unpaired) electrons. The molecule has 2 aliphatic rings. The Bertz CT molecular complexity index is 311. The average Bonchev–Trinajstić information content (AvgIpc) is 2.99. The lowest BCUT2D eigenvalue weighted by Gasteiger charge is -2.38. The molecule has 0 spiro atoms. The molecule has 1 heterocycles. The van der Waals surface area contributed by atoms with Crippen molar-refractivity contribution in [1.29, 1.82) is 5.26 Å². The summed E-state index contributed by atoms with van der Waals surface area (Å²) >= 11 is 0. The van der Waals surface area contributed by atoms with Crippen LogP contribution >= 0.6 is 0 Å². The Morgan fingerprint density at radius 1 is 1.21 bits per heavy atom. The molecule has 1 unspecified atom stereocenters. The van der Waals surface area contributed by atoms with Crippen molar-refractivity contribution < 1.29 is 0 Å². The van der Waals surface area contributed by atoms with Crippen molar-refractivity contribution in [2.24, 2.45) is 0 Å². The second kappa shape index (κ2) is 6.69. The summed E-state index contributed by atoms with van der Waals surface area (Å²) in [5, 5.41) is 12.3. The van der Waals surface area contributed by atoms with Crippen molar-refractivity contribution in [3.63, 3.8) is 0 Å². The molecule has 0 aromatic heterocycles. The van der Waals surface area contributed by atoms with Gasteiger partial charge in [-0.25, -0.2) is 0 Å². The molecule has 2 rings (SSSR count). The zero-order chi connectivity index (χ0) is 13.7. The molecule has 0 aromatic carbocycles. The van der Waals surface area contributed by atoms with E-state index in [1.54, 1.807) is 0 Å². The zero-order valence-electron chi connectivity index (χ0n) is 12.5. The maximum atomic E-state index is 9.16. The fourth-order valence-corrected chi connectivity index (χ4v) is 3.24. The number of piperazine rings is 1. The van der Waals surface area contributed by atoms with Gasteiger partial charge >= 0.3 is 0 Å². The van der Waals surface area contributed by atoms with Gasteiger partial charge in [0.05, 0.1) is 6.07 Å². The van der Waals surface area contributed by atoms with Crippen molar-refractivity contribution in [3.05, 3.63) is 0 Å². The quantitative estimate of drug-likeness (QED) is 0.816. The highest BCUT2D eigenvalue weighted by molar-refractivity contribution is 5.03. The van der Waals surface area contributed by atoms with Crippen molar-refractivity contribution in [3.8, 4) is 6.07 Å². The van der Waals surface area contributed by atoms with Crippen LogP contribution in [0.25, 0.3) is 0 Å². The fraction of sp³-hybridized carbons (Fsp3) is 0.933. The smallest absolute Gasteiger partial charge is 0.104 e. The van der Waals surface area contributed by atoms with Gasteiger partial charge in [-0.2, -0.15) is 5.26 Å². The van der Waals surface area contributed by atoms with Crippen molar-refractivity contribution in [2.45, 2.75) is 50.6 Å². The third-order valence-corrected chi connectivity index (χ3v) is 4.97. The Hall–Kier alpha value is -0.630. The first-order chi connectivity index (χ1) is 9.17. The Morgan fingerprint density at radius 2 is 1.84 bits per heavy atom. The molecule has 1 saturated carbocycles. The van der Waals surface area contributed by atoms with Gasteiger partial charge in [0.2, 0.25) is 0 Å². The summed E-state index contributed by atoms with van der Waals surface area (Å²) in [4.78, 5) is 5.20. The number of nitriles is 1. The van der Waals surface area contributed by atoms with E-state index in [0.29, 0.717) is 0 Å². The lowest BCUT2D eigenvalue weighted by molar-refractivity contribution is 0.0939. The first-order valence-corrected chi connectivity index (χ1v) is 7.73. The predicted molar refractivity (Wildman–Crippen MR) is 78.0 cm³/mol. The summed E-state index contributed by atoms with van der Waals surface area (Å²) in [5.74, 6) is 0. The van der Waals surface area contributed by atoms with E-state index < -0.39 is 0 Å². The molecule has 1 saturated heterocycles. The molecule has 1 atom stereocenters. The standard InChI is InChI=1S/C15H28N4/c1-15(13-16,17-2)7-8-18-9-11-19(12-10-18)14-5-3-4-6-14/h14,17H,3-12H2,1-2H3. The molecule has 19 heavy (non-hydrogen) atoms. The van der Waals surface area contributed by atoms with E-state index in [1.165, 1.54) is 51.9 Å². The molecule has 1 N–H and O–H groups in total. The molecular formula is C15H28N4. The molecule has 4 heteroatoms. The molecule has 108 valence electrons. The van der Waals surface area contributed by atoms with Crippen molar-refractivity contribution >= 4 is 0 Å². The highest BCUT2D eigenvalue weighted by atomic mass is 15.3. The Kier molecular flexibility index (Phi) is 5.20. The SMILES string of the molecule is CNC(C)(C#N)CCN1CCN(C2CCCC2)CC1. The van der Waals surface area contributed by atoms with Gasteiger partial charge in [0.25, 0.3) is 0 Å².